The molecule has 0 radical (unpaired) electrons. The molecular formula is C7H20N6. The van der Waals surface area contributed by atoms with Gasteiger partial charge in [0.15, 0.2) is 0 Å². The number of likely N-dealkylation sites (N-methyl/N-ethyl adjacent to an activating group) is 1. The Morgan fingerprint density at radius 2 is 2.54 bits per heavy atom. The quantitative estimate of drug-likeness (QED) is 0.461. The van der Waals surface area contributed by atoms with Crippen molar-refractivity contribution < 1.29 is 1.43 Å². The Labute approximate surface area is 79.7 Å². The van der Waals surface area contributed by atoms with Crippen molar-refractivity contribution in [2.75, 3.05) is 33.2 Å². The summed E-state index contributed by atoms with van der Waals surface area (Å²) in [5.41, 5.74) is 14.1. The van der Waals surface area contributed by atoms with E-state index in [0.29, 0.717) is 12.2 Å². The van der Waals surface area contributed by atoms with Gasteiger partial charge in [-0.25, -0.2) is 5.53 Å². The molecule has 0 saturated carbocycles. The first kappa shape index (κ1) is 11.9. The lowest BCUT2D eigenvalue weighted by atomic mass is 10.2. The standard InChI is InChI=1S/C7H15N5.H3N.H2/c1-12-3-2-10-7(5-12)6(8)4-11-9;;/h9-10H,2-5,8H2,1H3;1H3;1H/b7-6-,11-9?;;. The van der Waals surface area contributed by atoms with E-state index in [1.165, 1.54) is 0 Å². The maximum atomic E-state index is 6.67. The van der Waals surface area contributed by atoms with E-state index in [9.17, 15) is 0 Å². The highest BCUT2D eigenvalue weighted by Crippen LogP contribution is 2.02. The van der Waals surface area contributed by atoms with E-state index in [1.54, 1.807) is 0 Å². The second-order valence-corrected chi connectivity index (χ2v) is 2.98. The lowest BCUT2D eigenvalue weighted by molar-refractivity contribution is 0.320. The zero-order valence-corrected chi connectivity index (χ0v) is 8.01. The van der Waals surface area contributed by atoms with E-state index < -0.39 is 0 Å². The van der Waals surface area contributed by atoms with Crippen LogP contribution in [0.2, 0.25) is 0 Å². The fourth-order valence-corrected chi connectivity index (χ4v) is 1.20. The third kappa shape index (κ3) is 3.39. The highest BCUT2D eigenvalue weighted by atomic mass is 15.2. The Morgan fingerprint density at radius 3 is 3.08 bits per heavy atom. The minimum atomic E-state index is 0. The zero-order valence-electron chi connectivity index (χ0n) is 8.01. The summed E-state index contributed by atoms with van der Waals surface area (Å²) >= 11 is 0. The Bertz CT molecular complexity index is 204. The predicted octanol–water partition coefficient (Wildman–Crippen LogP) is 0.131. The van der Waals surface area contributed by atoms with Crippen LogP contribution in [0.15, 0.2) is 16.5 Å². The van der Waals surface area contributed by atoms with Crippen molar-refractivity contribution >= 4 is 0 Å². The molecule has 1 rings (SSSR count). The van der Waals surface area contributed by atoms with E-state index in [4.69, 9.17) is 11.3 Å². The van der Waals surface area contributed by atoms with Crippen LogP contribution in [0.3, 0.4) is 0 Å². The molecule has 1 saturated heterocycles. The fourth-order valence-electron chi connectivity index (χ4n) is 1.20. The second kappa shape index (κ2) is 5.50. The molecule has 6 heteroatoms. The largest absolute Gasteiger partial charge is 0.399 e. The molecule has 0 bridgehead atoms. The smallest absolute Gasteiger partial charge is 0.101 e. The van der Waals surface area contributed by atoms with Gasteiger partial charge in [0, 0.05) is 26.8 Å². The van der Waals surface area contributed by atoms with Gasteiger partial charge in [0.2, 0.25) is 0 Å². The average Bonchev–Trinajstić information content (AvgIpc) is 2.05. The summed E-state index contributed by atoms with van der Waals surface area (Å²) < 4.78 is 0. The molecule has 7 N–H and O–H groups in total. The van der Waals surface area contributed by atoms with Crippen LogP contribution in [0.25, 0.3) is 0 Å². The van der Waals surface area contributed by atoms with Crippen LogP contribution in [-0.2, 0) is 0 Å². The first-order valence-corrected chi connectivity index (χ1v) is 3.97. The van der Waals surface area contributed by atoms with Crippen LogP contribution in [0.4, 0.5) is 0 Å². The van der Waals surface area contributed by atoms with Crippen molar-refractivity contribution in [1.82, 2.24) is 16.4 Å². The van der Waals surface area contributed by atoms with Crippen LogP contribution in [0.1, 0.15) is 1.43 Å². The molecule has 13 heavy (non-hydrogen) atoms. The maximum Gasteiger partial charge on any atom is 0.101 e. The topological polar surface area (TPSA) is 112 Å². The molecule has 6 nitrogen and oxygen atoms in total. The van der Waals surface area contributed by atoms with Crippen molar-refractivity contribution in [1.29, 1.82) is 5.53 Å². The first-order valence-electron chi connectivity index (χ1n) is 3.97. The van der Waals surface area contributed by atoms with E-state index in [0.717, 1.165) is 25.3 Å². The molecule has 78 valence electrons. The van der Waals surface area contributed by atoms with Crippen molar-refractivity contribution in [3.63, 3.8) is 0 Å². The van der Waals surface area contributed by atoms with E-state index in [2.05, 4.69) is 15.3 Å². The van der Waals surface area contributed by atoms with Gasteiger partial charge < -0.3 is 17.2 Å². The Morgan fingerprint density at radius 1 is 1.85 bits per heavy atom. The van der Waals surface area contributed by atoms with Gasteiger partial charge in [-0.15, -0.1) is 0 Å². The van der Waals surface area contributed by atoms with Crippen LogP contribution < -0.4 is 17.2 Å². The molecule has 0 unspecified atom stereocenters. The number of rotatable bonds is 2. The van der Waals surface area contributed by atoms with Gasteiger partial charge in [0.1, 0.15) is 6.54 Å². The summed E-state index contributed by atoms with van der Waals surface area (Å²) in [5.74, 6) is 0. The van der Waals surface area contributed by atoms with E-state index in [1.807, 2.05) is 7.05 Å². The minimum Gasteiger partial charge on any atom is -0.399 e. The van der Waals surface area contributed by atoms with Crippen LogP contribution in [-0.4, -0.2) is 38.1 Å². The molecule has 1 fully saturated rings. The van der Waals surface area contributed by atoms with Crippen LogP contribution in [0.5, 0.6) is 0 Å². The Hall–Kier alpha value is -1.14. The number of hydrogen-bond acceptors (Lipinski definition) is 6. The van der Waals surface area contributed by atoms with E-state index >= 15 is 0 Å². The monoisotopic (exact) mass is 188 g/mol. The molecular weight excluding hydrogens is 168 g/mol. The van der Waals surface area contributed by atoms with Crippen LogP contribution >= 0.6 is 0 Å². The third-order valence-electron chi connectivity index (χ3n) is 1.90. The Balaban J connectivity index is 0. The van der Waals surface area contributed by atoms with Crippen molar-refractivity contribution in [3.8, 4) is 0 Å². The van der Waals surface area contributed by atoms with Crippen LogP contribution in [0, 0.1) is 5.53 Å². The molecule has 0 aromatic heterocycles. The predicted molar refractivity (Wildman–Crippen MR) is 53.9 cm³/mol. The lowest BCUT2D eigenvalue weighted by Crippen LogP contribution is -2.41. The summed E-state index contributed by atoms with van der Waals surface area (Å²) in [7, 11) is 2.05. The van der Waals surface area contributed by atoms with Gasteiger partial charge in [-0.05, 0) is 7.05 Å². The van der Waals surface area contributed by atoms with Crippen molar-refractivity contribution in [2.45, 2.75) is 0 Å². The molecule has 1 aliphatic rings. The number of nitrogens with one attached hydrogen (secondary N) is 2. The van der Waals surface area contributed by atoms with Gasteiger partial charge in [0.25, 0.3) is 0 Å². The number of hydrogen-bond donors (Lipinski definition) is 4. The van der Waals surface area contributed by atoms with Gasteiger partial charge in [-0.3, -0.25) is 4.90 Å². The fraction of sp³-hybridized carbons (Fsp3) is 0.714. The third-order valence-corrected chi connectivity index (χ3v) is 1.90. The highest BCUT2D eigenvalue weighted by Gasteiger charge is 2.11. The zero-order chi connectivity index (χ0) is 8.97. The SMILES string of the molecule is CN1CCN/C(=C(\N)CN=N)C1.N.[HH]. The molecule has 0 amide bonds. The molecule has 0 aliphatic carbocycles. The molecule has 0 spiro atoms. The minimum absolute atomic E-state index is 0. The normalized spacial score (nSPS) is 21.3. The molecule has 1 heterocycles. The number of nitrogens with two attached hydrogens (primary N) is 1. The molecule has 0 atom stereocenters. The summed E-state index contributed by atoms with van der Waals surface area (Å²) in [5, 5.41) is 6.45. The summed E-state index contributed by atoms with van der Waals surface area (Å²) in [6, 6.07) is 0. The molecule has 1 aliphatic heterocycles. The second-order valence-electron chi connectivity index (χ2n) is 2.98. The number of piperazine rings is 1. The summed E-state index contributed by atoms with van der Waals surface area (Å²) in [4.78, 5) is 2.18. The molecule has 0 aromatic carbocycles. The number of nitrogens with zero attached hydrogens (tertiary/aromatic N) is 2. The van der Waals surface area contributed by atoms with Gasteiger partial charge in [-0.1, -0.05) is 0 Å². The average molecular weight is 188 g/mol. The van der Waals surface area contributed by atoms with Gasteiger partial charge in [-0.2, -0.15) is 5.11 Å². The van der Waals surface area contributed by atoms with Gasteiger partial charge in [0.05, 0.1) is 5.70 Å². The van der Waals surface area contributed by atoms with E-state index in [-0.39, 0.29) is 7.58 Å². The lowest BCUT2D eigenvalue weighted by Gasteiger charge is -2.27. The summed E-state index contributed by atoms with van der Waals surface area (Å²) in [6.07, 6.45) is 0. The van der Waals surface area contributed by atoms with Crippen molar-refractivity contribution in [3.05, 3.63) is 11.4 Å². The first-order chi connectivity index (χ1) is 5.74. The van der Waals surface area contributed by atoms with Gasteiger partial charge >= 0.3 is 0 Å². The van der Waals surface area contributed by atoms with Crippen molar-refractivity contribution in [2.24, 2.45) is 10.8 Å². The molecule has 0 aromatic rings. The Kier molecular flexibility index (Phi) is 5.01. The highest BCUT2D eigenvalue weighted by molar-refractivity contribution is 5.14. The maximum absolute atomic E-state index is 6.67. The summed E-state index contributed by atoms with van der Waals surface area (Å²) in [6.45, 7) is 3.09.